The van der Waals surface area contributed by atoms with Crippen LogP contribution in [0.1, 0.15) is 43.7 Å². The van der Waals surface area contributed by atoms with Crippen molar-refractivity contribution in [2.24, 2.45) is 0 Å². The number of anilines is 1. The Kier molecular flexibility index (Phi) is 5.22. The molecule has 2 aromatic carbocycles. The minimum Gasteiger partial charge on any atom is -0.482 e. The fraction of sp³-hybridized carbons (Fsp3) is 0.417. The van der Waals surface area contributed by atoms with Gasteiger partial charge in [-0.3, -0.25) is 0 Å². The molecule has 0 radical (unpaired) electrons. The Morgan fingerprint density at radius 3 is 2.52 bits per heavy atom. The first-order valence-corrected chi connectivity index (χ1v) is 10.2. The number of benzene rings is 2. The molecule has 2 aliphatic heterocycles. The van der Waals surface area contributed by atoms with Gasteiger partial charge in [0.25, 0.3) is 0 Å². The van der Waals surface area contributed by atoms with Crippen LogP contribution >= 0.6 is 0 Å². The SMILES string of the molecule is CCCCN(C)c1ccc(C2=CC3(CCNCC3)Oc3ccccc32)cc1. The molecule has 1 spiro atoms. The van der Waals surface area contributed by atoms with Crippen molar-refractivity contribution < 1.29 is 4.74 Å². The zero-order valence-electron chi connectivity index (χ0n) is 16.5. The summed E-state index contributed by atoms with van der Waals surface area (Å²) >= 11 is 0. The molecule has 27 heavy (non-hydrogen) atoms. The van der Waals surface area contributed by atoms with E-state index < -0.39 is 0 Å². The summed E-state index contributed by atoms with van der Waals surface area (Å²) in [5.41, 5.74) is 4.89. The van der Waals surface area contributed by atoms with Gasteiger partial charge in [0.1, 0.15) is 11.4 Å². The van der Waals surface area contributed by atoms with Crippen molar-refractivity contribution in [1.29, 1.82) is 0 Å². The first-order chi connectivity index (χ1) is 13.2. The molecule has 0 saturated carbocycles. The van der Waals surface area contributed by atoms with Crippen LogP contribution in [0.2, 0.25) is 0 Å². The summed E-state index contributed by atoms with van der Waals surface area (Å²) in [5, 5.41) is 3.46. The second-order valence-corrected chi connectivity index (χ2v) is 7.79. The highest BCUT2D eigenvalue weighted by Crippen LogP contribution is 2.42. The van der Waals surface area contributed by atoms with Crippen LogP contribution in [0.25, 0.3) is 5.57 Å². The van der Waals surface area contributed by atoms with Crippen LogP contribution in [0.15, 0.2) is 54.6 Å². The van der Waals surface area contributed by atoms with Crippen molar-refractivity contribution in [1.82, 2.24) is 5.32 Å². The molecular formula is C24H30N2O. The normalized spacial score (nSPS) is 17.8. The first kappa shape index (κ1) is 18.1. The molecule has 1 fully saturated rings. The highest BCUT2D eigenvalue weighted by Gasteiger charge is 2.36. The molecule has 2 aromatic rings. The summed E-state index contributed by atoms with van der Waals surface area (Å²) in [4.78, 5) is 2.34. The summed E-state index contributed by atoms with van der Waals surface area (Å²) in [7, 11) is 2.18. The van der Waals surface area contributed by atoms with Crippen molar-refractivity contribution in [3.8, 4) is 5.75 Å². The van der Waals surface area contributed by atoms with Gasteiger partial charge in [-0.1, -0.05) is 43.7 Å². The van der Waals surface area contributed by atoms with Crippen LogP contribution < -0.4 is 15.0 Å². The zero-order chi connectivity index (χ0) is 18.7. The molecule has 0 atom stereocenters. The van der Waals surface area contributed by atoms with E-state index in [1.54, 1.807) is 0 Å². The van der Waals surface area contributed by atoms with E-state index in [9.17, 15) is 0 Å². The first-order valence-electron chi connectivity index (χ1n) is 10.2. The van der Waals surface area contributed by atoms with Gasteiger partial charge in [-0.2, -0.15) is 0 Å². The summed E-state index contributed by atoms with van der Waals surface area (Å²) in [6.45, 7) is 5.36. The number of unbranched alkanes of at least 4 members (excludes halogenated alkanes) is 1. The average Bonchev–Trinajstić information content (AvgIpc) is 2.72. The van der Waals surface area contributed by atoms with E-state index in [2.05, 4.69) is 78.8 Å². The molecule has 3 heteroatoms. The molecule has 0 bridgehead atoms. The minimum absolute atomic E-state index is 0.175. The van der Waals surface area contributed by atoms with Crippen LogP contribution in [-0.4, -0.2) is 32.3 Å². The Morgan fingerprint density at radius 1 is 1.04 bits per heavy atom. The largest absolute Gasteiger partial charge is 0.482 e. The zero-order valence-corrected chi connectivity index (χ0v) is 16.5. The van der Waals surface area contributed by atoms with Crippen molar-refractivity contribution in [2.45, 2.75) is 38.2 Å². The van der Waals surface area contributed by atoms with Gasteiger partial charge in [-0.05, 0) is 54.9 Å². The predicted molar refractivity (Wildman–Crippen MR) is 114 cm³/mol. The molecule has 0 aromatic heterocycles. The van der Waals surface area contributed by atoms with E-state index in [1.807, 2.05) is 0 Å². The summed E-state index contributed by atoms with van der Waals surface area (Å²) < 4.78 is 6.49. The van der Waals surface area contributed by atoms with Crippen LogP contribution in [0.5, 0.6) is 5.75 Å². The second kappa shape index (κ2) is 7.77. The van der Waals surface area contributed by atoms with E-state index in [1.165, 1.54) is 35.2 Å². The lowest BCUT2D eigenvalue weighted by atomic mass is 9.83. The van der Waals surface area contributed by atoms with Crippen LogP contribution in [0.4, 0.5) is 5.69 Å². The highest BCUT2D eigenvalue weighted by molar-refractivity contribution is 5.85. The molecule has 0 amide bonds. The van der Waals surface area contributed by atoms with Crippen molar-refractivity contribution in [3.63, 3.8) is 0 Å². The molecule has 0 unspecified atom stereocenters. The van der Waals surface area contributed by atoms with E-state index in [0.29, 0.717) is 0 Å². The molecule has 0 aliphatic carbocycles. The third kappa shape index (κ3) is 3.74. The summed E-state index contributed by atoms with van der Waals surface area (Å²) in [5.74, 6) is 1.01. The lowest BCUT2D eigenvalue weighted by molar-refractivity contribution is 0.0817. The maximum atomic E-state index is 6.49. The second-order valence-electron chi connectivity index (χ2n) is 7.79. The van der Waals surface area contributed by atoms with Gasteiger partial charge in [-0.15, -0.1) is 0 Å². The number of fused-ring (bicyclic) bond motifs is 1. The lowest BCUT2D eigenvalue weighted by Gasteiger charge is -2.40. The predicted octanol–water partition coefficient (Wildman–Crippen LogP) is 4.87. The van der Waals surface area contributed by atoms with Gasteiger partial charge in [0.15, 0.2) is 0 Å². The average molecular weight is 363 g/mol. The molecule has 2 aliphatic rings. The van der Waals surface area contributed by atoms with E-state index >= 15 is 0 Å². The summed E-state index contributed by atoms with van der Waals surface area (Å²) in [6, 6.07) is 17.5. The molecule has 3 nitrogen and oxygen atoms in total. The van der Waals surface area contributed by atoms with Gasteiger partial charge in [-0.25, -0.2) is 0 Å². The smallest absolute Gasteiger partial charge is 0.130 e. The number of hydrogen-bond acceptors (Lipinski definition) is 3. The van der Waals surface area contributed by atoms with Gasteiger partial charge in [0.2, 0.25) is 0 Å². The van der Waals surface area contributed by atoms with E-state index in [4.69, 9.17) is 4.74 Å². The van der Waals surface area contributed by atoms with Gasteiger partial charge in [0, 0.05) is 37.7 Å². The molecule has 4 rings (SSSR count). The Morgan fingerprint density at radius 2 is 1.78 bits per heavy atom. The minimum atomic E-state index is -0.175. The van der Waals surface area contributed by atoms with Gasteiger partial charge >= 0.3 is 0 Å². The number of nitrogens with one attached hydrogen (secondary N) is 1. The van der Waals surface area contributed by atoms with Crippen LogP contribution in [-0.2, 0) is 0 Å². The van der Waals surface area contributed by atoms with E-state index in [-0.39, 0.29) is 5.60 Å². The maximum Gasteiger partial charge on any atom is 0.130 e. The Balaban J connectivity index is 1.67. The van der Waals surface area contributed by atoms with Crippen molar-refractivity contribution >= 4 is 11.3 Å². The third-order valence-electron chi connectivity index (χ3n) is 5.81. The maximum absolute atomic E-state index is 6.49. The molecular weight excluding hydrogens is 332 g/mol. The van der Waals surface area contributed by atoms with E-state index in [0.717, 1.165) is 38.2 Å². The van der Waals surface area contributed by atoms with Gasteiger partial charge < -0.3 is 15.0 Å². The standard InChI is InChI=1S/C24H30N2O/c1-3-4-17-26(2)20-11-9-19(10-12-20)22-18-24(13-15-25-16-14-24)27-23-8-6-5-7-21(22)23/h5-12,18,25H,3-4,13-17H2,1-2H3. The fourth-order valence-corrected chi connectivity index (χ4v) is 4.12. The number of ether oxygens (including phenoxy) is 1. The van der Waals surface area contributed by atoms with Crippen LogP contribution in [0, 0.1) is 0 Å². The lowest BCUT2D eigenvalue weighted by Crippen LogP contribution is -2.46. The Labute approximate surface area is 163 Å². The molecule has 142 valence electrons. The highest BCUT2D eigenvalue weighted by atomic mass is 16.5. The number of nitrogens with zero attached hydrogens (tertiary/aromatic N) is 1. The Bertz CT molecular complexity index is 803. The summed E-state index contributed by atoms with van der Waals surface area (Å²) in [6.07, 6.45) is 6.87. The van der Waals surface area contributed by atoms with Crippen LogP contribution in [0.3, 0.4) is 0 Å². The molecule has 1 N–H and O–H groups in total. The number of para-hydroxylation sites is 1. The van der Waals surface area contributed by atoms with Gasteiger partial charge in [0.05, 0.1) is 0 Å². The number of rotatable bonds is 5. The van der Waals surface area contributed by atoms with Crippen molar-refractivity contribution in [2.75, 3.05) is 31.6 Å². The topological polar surface area (TPSA) is 24.5 Å². The molecule has 1 saturated heterocycles. The third-order valence-corrected chi connectivity index (χ3v) is 5.81. The van der Waals surface area contributed by atoms with Crippen molar-refractivity contribution in [3.05, 3.63) is 65.7 Å². The number of hydrogen-bond donors (Lipinski definition) is 1. The monoisotopic (exact) mass is 362 g/mol. The molecule has 2 heterocycles. The fourth-order valence-electron chi connectivity index (χ4n) is 4.12. The Hall–Kier alpha value is -2.26. The number of piperidine rings is 1. The quantitative estimate of drug-likeness (QED) is 0.821.